The Balaban J connectivity index is 2.08. The molecule has 2 aromatic rings. The summed E-state index contributed by atoms with van der Waals surface area (Å²) < 4.78 is 0. The van der Waals surface area contributed by atoms with Crippen LogP contribution >= 0.6 is 22.7 Å². The molecule has 0 saturated heterocycles. The minimum absolute atomic E-state index is 0.273. The molecule has 0 spiro atoms. The van der Waals surface area contributed by atoms with Gasteiger partial charge in [-0.25, -0.2) is 4.98 Å². The highest BCUT2D eigenvalue weighted by Gasteiger charge is 2.34. The van der Waals surface area contributed by atoms with Gasteiger partial charge < -0.3 is 5.73 Å². The Morgan fingerprint density at radius 1 is 1.41 bits per heavy atom. The first-order valence-corrected chi connectivity index (χ1v) is 7.59. The molecular weight excluding hydrogens is 248 g/mol. The molecule has 2 aromatic heterocycles. The van der Waals surface area contributed by atoms with E-state index >= 15 is 0 Å². The fourth-order valence-corrected chi connectivity index (χ4v) is 3.90. The monoisotopic (exact) mass is 264 g/mol. The van der Waals surface area contributed by atoms with E-state index in [2.05, 4.69) is 31.4 Å². The number of nitrogens with zero attached hydrogens (tertiary/aromatic N) is 1. The number of thiazole rings is 1. The number of nitrogens with two attached hydrogens (primary N) is 1. The van der Waals surface area contributed by atoms with Gasteiger partial charge in [-0.2, -0.15) is 0 Å². The van der Waals surface area contributed by atoms with Gasteiger partial charge >= 0.3 is 0 Å². The summed E-state index contributed by atoms with van der Waals surface area (Å²) in [6.07, 6.45) is 2.55. The standard InChI is InChI=1S/C13H16N2S2/c1-13(2,14)11-10(8-5-6-8)15-12(17-11)9-4-3-7-16-9/h3-4,7-8H,5-6,14H2,1-2H3. The summed E-state index contributed by atoms with van der Waals surface area (Å²) in [4.78, 5) is 7.35. The second kappa shape index (κ2) is 3.90. The summed E-state index contributed by atoms with van der Waals surface area (Å²) in [6.45, 7) is 4.15. The van der Waals surface area contributed by atoms with E-state index in [1.165, 1.54) is 28.3 Å². The summed E-state index contributed by atoms with van der Waals surface area (Å²) >= 11 is 3.51. The van der Waals surface area contributed by atoms with Crippen LogP contribution in [0.1, 0.15) is 43.2 Å². The molecule has 1 fully saturated rings. The van der Waals surface area contributed by atoms with E-state index in [1.807, 2.05) is 0 Å². The van der Waals surface area contributed by atoms with E-state index in [9.17, 15) is 0 Å². The summed E-state index contributed by atoms with van der Waals surface area (Å²) in [7, 11) is 0. The maximum absolute atomic E-state index is 6.26. The molecule has 4 heteroatoms. The smallest absolute Gasteiger partial charge is 0.133 e. The van der Waals surface area contributed by atoms with Crippen molar-refractivity contribution in [3.05, 3.63) is 28.1 Å². The summed E-state index contributed by atoms with van der Waals surface area (Å²) in [5, 5.41) is 3.23. The van der Waals surface area contributed by atoms with Crippen LogP contribution in [0.15, 0.2) is 17.5 Å². The molecule has 0 bridgehead atoms. The van der Waals surface area contributed by atoms with Crippen molar-refractivity contribution >= 4 is 22.7 Å². The van der Waals surface area contributed by atoms with E-state index in [-0.39, 0.29) is 5.54 Å². The Morgan fingerprint density at radius 3 is 2.71 bits per heavy atom. The third kappa shape index (κ3) is 2.17. The van der Waals surface area contributed by atoms with E-state index in [4.69, 9.17) is 10.7 Å². The third-order valence-corrected chi connectivity index (χ3v) is 5.38. The Bertz CT molecular complexity index is 516. The normalized spacial score (nSPS) is 16.4. The van der Waals surface area contributed by atoms with Gasteiger partial charge in [-0.3, -0.25) is 0 Å². The lowest BCUT2D eigenvalue weighted by atomic mass is 10.0. The van der Waals surface area contributed by atoms with Gasteiger partial charge in [0, 0.05) is 16.3 Å². The topological polar surface area (TPSA) is 38.9 Å². The molecule has 90 valence electrons. The van der Waals surface area contributed by atoms with Crippen molar-refractivity contribution in [3.63, 3.8) is 0 Å². The predicted octanol–water partition coefficient (Wildman–Crippen LogP) is 3.94. The number of hydrogen-bond donors (Lipinski definition) is 1. The molecule has 0 unspecified atom stereocenters. The van der Waals surface area contributed by atoms with Gasteiger partial charge in [0.05, 0.1) is 10.6 Å². The van der Waals surface area contributed by atoms with Crippen LogP contribution in [0, 0.1) is 0 Å². The van der Waals surface area contributed by atoms with Crippen LogP contribution in [0.3, 0.4) is 0 Å². The maximum atomic E-state index is 6.26. The quantitative estimate of drug-likeness (QED) is 0.912. The van der Waals surface area contributed by atoms with Crippen LogP contribution in [-0.2, 0) is 5.54 Å². The molecule has 0 aromatic carbocycles. The zero-order valence-corrected chi connectivity index (χ0v) is 11.7. The molecule has 0 radical (unpaired) electrons. The molecule has 1 saturated carbocycles. The Hall–Kier alpha value is -0.710. The van der Waals surface area contributed by atoms with Crippen molar-refractivity contribution in [2.24, 2.45) is 5.73 Å². The summed E-state index contributed by atoms with van der Waals surface area (Å²) in [5.41, 5.74) is 7.25. The molecule has 1 aliphatic rings. The van der Waals surface area contributed by atoms with Gasteiger partial charge in [0.1, 0.15) is 5.01 Å². The Labute approximate surface area is 110 Å². The highest BCUT2D eigenvalue weighted by Crippen LogP contribution is 2.47. The average Bonchev–Trinajstić information content (AvgIpc) is 2.82. The zero-order chi connectivity index (χ0) is 12.0. The minimum atomic E-state index is -0.273. The van der Waals surface area contributed by atoms with E-state index in [0.29, 0.717) is 5.92 Å². The van der Waals surface area contributed by atoms with Crippen LogP contribution in [0.25, 0.3) is 9.88 Å². The molecule has 0 aliphatic heterocycles. The molecule has 2 N–H and O–H groups in total. The lowest BCUT2D eigenvalue weighted by Gasteiger charge is -2.17. The maximum Gasteiger partial charge on any atom is 0.133 e. The second-order valence-electron chi connectivity index (χ2n) is 5.21. The number of rotatable bonds is 3. The fraction of sp³-hybridized carbons (Fsp3) is 0.462. The summed E-state index contributed by atoms with van der Waals surface area (Å²) in [5.74, 6) is 0.665. The first-order valence-electron chi connectivity index (χ1n) is 5.89. The van der Waals surface area contributed by atoms with Gasteiger partial charge in [-0.15, -0.1) is 22.7 Å². The van der Waals surface area contributed by atoms with Crippen LogP contribution in [0.2, 0.25) is 0 Å². The van der Waals surface area contributed by atoms with Crippen LogP contribution < -0.4 is 5.73 Å². The molecule has 2 heterocycles. The lowest BCUT2D eigenvalue weighted by molar-refractivity contribution is 0.559. The van der Waals surface area contributed by atoms with Crippen molar-refractivity contribution in [1.29, 1.82) is 0 Å². The largest absolute Gasteiger partial charge is 0.321 e. The van der Waals surface area contributed by atoms with E-state index < -0.39 is 0 Å². The van der Waals surface area contributed by atoms with Gasteiger partial charge in [0.15, 0.2) is 0 Å². The van der Waals surface area contributed by atoms with Crippen molar-refractivity contribution in [2.45, 2.75) is 38.1 Å². The SMILES string of the molecule is CC(C)(N)c1sc(-c2cccs2)nc1C1CC1. The minimum Gasteiger partial charge on any atom is -0.321 e. The highest BCUT2D eigenvalue weighted by atomic mass is 32.1. The Morgan fingerprint density at radius 2 is 2.18 bits per heavy atom. The molecule has 0 amide bonds. The number of hydrogen-bond acceptors (Lipinski definition) is 4. The van der Waals surface area contributed by atoms with Gasteiger partial charge in [-0.05, 0) is 38.1 Å². The fourth-order valence-electron chi connectivity index (χ4n) is 1.93. The summed E-state index contributed by atoms with van der Waals surface area (Å²) in [6, 6.07) is 4.21. The van der Waals surface area contributed by atoms with Crippen LogP contribution in [-0.4, -0.2) is 4.98 Å². The highest BCUT2D eigenvalue weighted by molar-refractivity contribution is 7.21. The van der Waals surface area contributed by atoms with Gasteiger partial charge in [-0.1, -0.05) is 6.07 Å². The second-order valence-corrected chi connectivity index (χ2v) is 7.15. The molecule has 2 nitrogen and oxygen atoms in total. The van der Waals surface area contributed by atoms with Crippen molar-refractivity contribution in [2.75, 3.05) is 0 Å². The molecule has 1 aliphatic carbocycles. The van der Waals surface area contributed by atoms with Gasteiger partial charge in [0.25, 0.3) is 0 Å². The molecule has 3 rings (SSSR count). The number of thiophene rings is 1. The van der Waals surface area contributed by atoms with Crippen molar-refractivity contribution < 1.29 is 0 Å². The van der Waals surface area contributed by atoms with Crippen molar-refractivity contribution in [1.82, 2.24) is 4.98 Å². The number of aromatic nitrogens is 1. The first kappa shape index (κ1) is 11.4. The van der Waals surface area contributed by atoms with E-state index in [0.717, 1.165) is 5.01 Å². The third-order valence-electron chi connectivity index (χ3n) is 2.93. The molecule has 17 heavy (non-hydrogen) atoms. The zero-order valence-electron chi connectivity index (χ0n) is 10.1. The molecular formula is C13H16N2S2. The molecule has 0 atom stereocenters. The van der Waals surface area contributed by atoms with Crippen LogP contribution in [0.4, 0.5) is 0 Å². The lowest BCUT2D eigenvalue weighted by Crippen LogP contribution is -2.28. The van der Waals surface area contributed by atoms with Crippen LogP contribution in [0.5, 0.6) is 0 Å². The van der Waals surface area contributed by atoms with Crippen molar-refractivity contribution in [3.8, 4) is 9.88 Å². The van der Waals surface area contributed by atoms with E-state index in [1.54, 1.807) is 22.7 Å². The predicted molar refractivity (Wildman–Crippen MR) is 74.6 cm³/mol. The first-order chi connectivity index (χ1) is 8.05. The van der Waals surface area contributed by atoms with Gasteiger partial charge in [0.2, 0.25) is 0 Å². The average molecular weight is 264 g/mol. The Kier molecular flexibility index (Phi) is 2.61.